The van der Waals surface area contributed by atoms with Crippen molar-refractivity contribution >= 4 is 23.4 Å². The van der Waals surface area contributed by atoms with Gasteiger partial charge in [0.25, 0.3) is 0 Å². The number of benzene rings is 1. The summed E-state index contributed by atoms with van der Waals surface area (Å²) in [5.41, 5.74) is 2.80. The quantitative estimate of drug-likeness (QED) is 0.868. The average molecular weight is 328 g/mol. The van der Waals surface area contributed by atoms with Crippen LogP contribution in [-0.4, -0.2) is 28.7 Å². The number of amides is 3. The largest absolute Gasteiger partial charge is 0.324 e. The van der Waals surface area contributed by atoms with Crippen LogP contribution in [0.15, 0.2) is 18.2 Å². The number of nitrogens with one attached hydrogen (secondary N) is 1. The number of aryl methyl sites for hydroxylation is 2. The number of hydrogen-bond donors (Lipinski definition) is 1. The Morgan fingerprint density at radius 1 is 1.12 bits per heavy atom. The molecule has 5 heteroatoms. The van der Waals surface area contributed by atoms with Crippen LogP contribution < -0.4 is 5.32 Å². The van der Waals surface area contributed by atoms with E-state index in [4.69, 9.17) is 0 Å². The molecule has 2 aliphatic rings. The van der Waals surface area contributed by atoms with Gasteiger partial charge < -0.3 is 5.32 Å². The number of nitrogens with zero attached hydrogens (tertiary/aromatic N) is 1. The Bertz CT molecular complexity index is 674. The normalized spacial score (nSPS) is 24.7. The van der Waals surface area contributed by atoms with Crippen molar-refractivity contribution < 1.29 is 14.4 Å². The first-order valence-corrected chi connectivity index (χ1v) is 8.65. The maximum Gasteiger partial charge on any atom is 0.247 e. The van der Waals surface area contributed by atoms with Gasteiger partial charge in [0.05, 0.1) is 11.8 Å². The Morgan fingerprint density at radius 2 is 1.71 bits per heavy atom. The van der Waals surface area contributed by atoms with Gasteiger partial charge in [0.1, 0.15) is 6.04 Å². The van der Waals surface area contributed by atoms with Crippen molar-refractivity contribution in [2.75, 3.05) is 5.32 Å². The SMILES string of the molecule is Cc1ccc(NC(=O)C(C)N2C(=O)C3CCCCC3C2=O)c(C)c1. The molecule has 0 bridgehead atoms. The predicted molar refractivity (Wildman–Crippen MR) is 91.3 cm³/mol. The van der Waals surface area contributed by atoms with Crippen molar-refractivity contribution in [1.29, 1.82) is 0 Å². The van der Waals surface area contributed by atoms with Gasteiger partial charge in [0.15, 0.2) is 0 Å². The van der Waals surface area contributed by atoms with Gasteiger partial charge in [-0.25, -0.2) is 0 Å². The van der Waals surface area contributed by atoms with Crippen LogP contribution in [-0.2, 0) is 14.4 Å². The van der Waals surface area contributed by atoms with Crippen LogP contribution in [0.4, 0.5) is 5.69 Å². The molecule has 5 nitrogen and oxygen atoms in total. The van der Waals surface area contributed by atoms with E-state index in [0.717, 1.165) is 36.8 Å². The molecule has 0 aromatic heterocycles. The molecule has 3 amide bonds. The third-order valence-corrected chi connectivity index (χ3v) is 5.28. The maximum atomic E-state index is 12.6. The highest BCUT2D eigenvalue weighted by Crippen LogP contribution is 2.38. The topological polar surface area (TPSA) is 66.5 Å². The predicted octanol–water partition coefficient (Wildman–Crippen LogP) is 2.81. The van der Waals surface area contributed by atoms with Crippen molar-refractivity contribution in [3.63, 3.8) is 0 Å². The summed E-state index contributed by atoms with van der Waals surface area (Å²) >= 11 is 0. The molecule has 1 heterocycles. The zero-order chi connectivity index (χ0) is 17.4. The van der Waals surface area contributed by atoms with E-state index < -0.39 is 6.04 Å². The first-order chi connectivity index (χ1) is 11.4. The highest BCUT2D eigenvalue weighted by molar-refractivity contribution is 6.09. The minimum Gasteiger partial charge on any atom is -0.324 e. The van der Waals surface area contributed by atoms with E-state index in [2.05, 4.69) is 5.32 Å². The fourth-order valence-corrected chi connectivity index (χ4v) is 3.88. The molecule has 1 saturated heterocycles. The molecule has 3 rings (SSSR count). The van der Waals surface area contributed by atoms with Crippen molar-refractivity contribution in [2.24, 2.45) is 11.8 Å². The van der Waals surface area contributed by atoms with E-state index in [1.54, 1.807) is 6.92 Å². The molecule has 1 saturated carbocycles. The molecular formula is C19H24N2O3. The second-order valence-corrected chi connectivity index (χ2v) is 7.03. The van der Waals surface area contributed by atoms with Crippen LogP contribution in [0.25, 0.3) is 0 Å². The summed E-state index contributed by atoms with van der Waals surface area (Å²) in [5.74, 6) is -1.10. The first kappa shape index (κ1) is 16.7. The molecule has 0 spiro atoms. The van der Waals surface area contributed by atoms with Crippen LogP contribution in [0.1, 0.15) is 43.7 Å². The second kappa shape index (κ2) is 6.38. The lowest BCUT2D eigenvalue weighted by Crippen LogP contribution is -2.46. The molecule has 1 aliphatic heterocycles. The van der Waals surface area contributed by atoms with Crippen molar-refractivity contribution in [3.8, 4) is 0 Å². The number of carbonyl (C=O) groups excluding carboxylic acids is 3. The Kier molecular flexibility index (Phi) is 4.43. The fraction of sp³-hybridized carbons (Fsp3) is 0.526. The minimum absolute atomic E-state index is 0.173. The van der Waals surface area contributed by atoms with Crippen LogP contribution >= 0.6 is 0 Å². The second-order valence-electron chi connectivity index (χ2n) is 7.03. The molecular weight excluding hydrogens is 304 g/mol. The molecule has 2 fully saturated rings. The molecule has 1 aromatic rings. The summed E-state index contributed by atoms with van der Waals surface area (Å²) in [4.78, 5) is 38.9. The molecule has 24 heavy (non-hydrogen) atoms. The van der Waals surface area contributed by atoms with Crippen molar-refractivity contribution in [3.05, 3.63) is 29.3 Å². The lowest BCUT2D eigenvalue weighted by molar-refractivity contribution is -0.146. The Hall–Kier alpha value is -2.17. The van der Waals surface area contributed by atoms with Crippen LogP contribution in [0.5, 0.6) is 0 Å². The van der Waals surface area contributed by atoms with E-state index >= 15 is 0 Å². The molecule has 128 valence electrons. The smallest absolute Gasteiger partial charge is 0.247 e. The number of likely N-dealkylation sites (tertiary alicyclic amines) is 1. The Labute approximate surface area is 142 Å². The van der Waals surface area contributed by atoms with Crippen LogP contribution in [0.2, 0.25) is 0 Å². The Morgan fingerprint density at radius 3 is 2.25 bits per heavy atom. The van der Waals surface area contributed by atoms with E-state index in [9.17, 15) is 14.4 Å². The fourth-order valence-electron chi connectivity index (χ4n) is 3.88. The zero-order valence-corrected chi connectivity index (χ0v) is 14.5. The highest BCUT2D eigenvalue weighted by atomic mass is 16.2. The standard InChI is InChI=1S/C19H24N2O3/c1-11-8-9-16(12(2)10-11)20-17(22)13(3)21-18(23)14-6-4-5-7-15(14)19(21)24/h8-10,13-15H,4-7H2,1-3H3,(H,20,22). The summed E-state index contributed by atoms with van der Waals surface area (Å²) in [6.07, 6.45) is 3.49. The van der Waals surface area contributed by atoms with Gasteiger partial charge in [-0.15, -0.1) is 0 Å². The minimum atomic E-state index is -0.781. The van der Waals surface area contributed by atoms with Crippen molar-refractivity contribution in [1.82, 2.24) is 4.90 Å². The highest BCUT2D eigenvalue weighted by Gasteiger charge is 2.50. The van der Waals surface area contributed by atoms with Gasteiger partial charge in [-0.3, -0.25) is 19.3 Å². The van der Waals surface area contributed by atoms with Gasteiger partial charge in [0, 0.05) is 5.69 Å². The van der Waals surface area contributed by atoms with E-state index in [1.165, 1.54) is 4.90 Å². The van der Waals surface area contributed by atoms with E-state index in [1.807, 2.05) is 32.0 Å². The zero-order valence-electron chi connectivity index (χ0n) is 14.5. The lowest BCUT2D eigenvalue weighted by atomic mass is 9.81. The summed E-state index contributed by atoms with van der Waals surface area (Å²) in [6, 6.07) is 4.98. The lowest BCUT2D eigenvalue weighted by Gasteiger charge is -2.23. The third kappa shape index (κ3) is 2.83. The van der Waals surface area contributed by atoms with Gasteiger partial charge in [-0.05, 0) is 45.2 Å². The monoisotopic (exact) mass is 328 g/mol. The summed E-state index contributed by atoms with van der Waals surface area (Å²) in [6.45, 7) is 5.55. The Balaban J connectivity index is 1.75. The van der Waals surface area contributed by atoms with Crippen molar-refractivity contribution in [2.45, 2.75) is 52.5 Å². The number of rotatable bonds is 3. The molecule has 1 aliphatic carbocycles. The number of fused-ring (bicyclic) bond motifs is 1. The summed E-state index contributed by atoms with van der Waals surface area (Å²) in [7, 11) is 0. The first-order valence-electron chi connectivity index (χ1n) is 8.65. The molecule has 1 N–H and O–H groups in total. The molecule has 1 aromatic carbocycles. The number of anilines is 1. The number of hydrogen-bond acceptors (Lipinski definition) is 3. The molecule has 3 unspecified atom stereocenters. The van der Waals surface area contributed by atoms with Gasteiger partial charge in [-0.1, -0.05) is 30.5 Å². The summed E-state index contributed by atoms with van der Waals surface area (Å²) < 4.78 is 0. The third-order valence-electron chi connectivity index (χ3n) is 5.28. The van der Waals surface area contributed by atoms with Gasteiger partial charge in [0.2, 0.25) is 17.7 Å². The van der Waals surface area contributed by atoms with E-state index in [-0.39, 0.29) is 29.6 Å². The summed E-state index contributed by atoms with van der Waals surface area (Å²) in [5, 5.41) is 2.85. The number of imide groups is 1. The molecule has 0 radical (unpaired) electrons. The van der Waals surface area contributed by atoms with Crippen LogP contribution in [0.3, 0.4) is 0 Å². The molecule has 3 atom stereocenters. The number of carbonyl (C=O) groups is 3. The maximum absolute atomic E-state index is 12.6. The van der Waals surface area contributed by atoms with E-state index in [0.29, 0.717) is 5.69 Å². The van der Waals surface area contributed by atoms with Crippen LogP contribution in [0, 0.1) is 25.7 Å². The van der Waals surface area contributed by atoms with Gasteiger partial charge in [-0.2, -0.15) is 0 Å². The average Bonchev–Trinajstić information content (AvgIpc) is 2.81. The van der Waals surface area contributed by atoms with Gasteiger partial charge >= 0.3 is 0 Å².